The molecule has 1 unspecified atom stereocenters. The van der Waals surface area contributed by atoms with Crippen molar-refractivity contribution in [1.29, 1.82) is 0 Å². The van der Waals surface area contributed by atoms with E-state index in [4.69, 9.17) is 10.8 Å². The average Bonchev–Trinajstić information content (AvgIpc) is 3.17. The largest absolute Gasteiger partial charge is 0.480 e. The van der Waals surface area contributed by atoms with E-state index in [2.05, 4.69) is 5.32 Å². The Bertz CT molecular complexity index is 521. The molecule has 5 nitrogen and oxygen atoms in total. The van der Waals surface area contributed by atoms with Crippen molar-refractivity contribution in [2.24, 2.45) is 5.92 Å². The van der Waals surface area contributed by atoms with Gasteiger partial charge in [0.05, 0.1) is 0 Å². The van der Waals surface area contributed by atoms with E-state index in [1.54, 1.807) is 24.3 Å². The van der Waals surface area contributed by atoms with Gasteiger partial charge in [-0.15, -0.1) is 0 Å². The Morgan fingerprint density at radius 1 is 1.42 bits per heavy atom. The Labute approximate surface area is 111 Å². The molecule has 1 saturated carbocycles. The van der Waals surface area contributed by atoms with E-state index in [-0.39, 0.29) is 5.92 Å². The van der Waals surface area contributed by atoms with Gasteiger partial charge in [0, 0.05) is 11.8 Å². The van der Waals surface area contributed by atoms with Crippen molar-refractivity contribution in [3.8, 4) is 0 Å². The van der Waals surface area contributed by atoms with Gasteiger partial charge in [-0.3, -0.25) is 4.79 Å². The van der Waals surface area contributed by atoms with Gasteiger partial charge in [-0.1, -0.05) is 12.1 Å². The molecule has 4 N–H and O–H groups in total. The molecule has 1 fully saturated rings. The van der Waals surface area contributed by atoms with Crippen molar-refractivity contribution in [3.63, 3.8) is 0 Å². The summed E-state index contributed by atoms with van der Waals surface area (Å²) >= 11 is 0. The predicted molar refractivity (Wildman–Crippen MR) is 72.2 cm³/mol. The van der Waals surface area contributed by atoms with Gasteiger partial charge in [-0.25, -0.2) is 4.79 Å². The third-order valence-corrected chi connectivity index (χ3v) is 3.00. The molecule has 0 spiro atoms. The fraction of sp³-hybridized carbons (Fsp3) is 0.286. The smallest absolute Gasteiger partial charge is 0.326 e. The summed E-state index contributed by atoms with van der Waals surface area (Å²) in [4.78, 5) is 22.6. The number of carbonyl (C=O) groups excluding carboxylic acids is 1. The number of hydrogen-bond acceptors (Lipinski definition) is 3. The number of nitrogen functional groups attached to an aromatic ring is 1. The van der Waals surface area contributed by atoms with Gasteiger partial charge in [-0.05, 0) is 42.5 Å². The number of benzene rings is 1. The number of aliphatic carboxylic acids is 1. The zero-order valence-corrected chi connectivity index (χ0v) is 10.4. The fourth-order valence-electron chi connectivity index (χ4n) is 1.85. The molecule has 0 heterocycles. The normalized spacial score (nSPS) is 16.2. The maximum atomic E-state index is 11.7. The van der Waals surface area contributed by atoms with Crippen molar-refractivity contribution in [2.75, 3.05) is 5.73 Å². The zero-order chi connectivity index (χ0) is 13.8. The highest BCUT2D eigenvalue weighted by atomic mass is 16.4. The van der Waals surface area contributed by atoms with Crippen LogP contribution in [0.15, 0.2) is 30.3 Å². The number of nitrogens with one attached hydrogen (secondary N) is 1. The van der Waals surface area contributed by atoms with Gasteiger partial charge in [-0.2, -0.15) is 0 Å². The lowest BCUT2D eigenvalue weighted by Gasteiger charge is -2.11. The van der Waals surface area contributed by atoms with Crippen LogP contribution < -0.4 is 11.1 Å². The van der Waals surface area contributed by atoms with E-state index in [9.17, 15) is 9.59 Å². The van der Waals surface area contributed by atoms with E-state index < -0.39 is 17.9 Å². The molecule has 0 bridgehead atoms. The second-order valence-electron chi connectivity index (χ2n) is 4.67. The lowest BCUT2D eigenvalue weighted by Crippen LogP contribution is -2.41. The molecule has 0 aliphatic heterocycles. The minimum absolute atomic E-state index is 0.0715. The van der Waals surface area contributed by atoms with Crippen LogP contribution in [0.2, 0.25) is 0 Å². The first-order chi connectivity index (χ1) is 9.06. The molecule has 100 valence electrons. The Hall–Kier alpha value is -2.30. The first-order valence-corrected chi connectivity index (χ1v) is 6.13. The minimum atomic E-state index is -0.979. The van der Waals surface area contributed by atoms with Crippen LogP contribution in [0.1, 0.15) is 18.4 Å². The van der Waals surface area contributed by atoms with Crippen LogP contribution in [-0.4, -0.2) is 23.0 Å². The summed E-state index contributed by atoms with van der Waals surface area (Å²) in [7, 11) is 0. The Kier molecular flexibility index (Phi) is 3.85. The monoisotopic (exact) mass is 260 g/mol. The second-order valence-corrected chi connectivity index (χ2v) is 4.67. The average molecular weight is 260 g/mol. The van der Waals surface area contributed by atoms with E-state index >= 15 is 0 Å². The number of carboxylic acids is 1. The zero-order valence-electron chi connectivity index (χ0n) is 10.4. The topological polar surface area (TPSA) is 92.4 Å². The van der Waals surface area contributed by atoms with Gasteiger partial charge < -0.3 is 16.2 Å². The molecule has 1 aliphatic carbocycles. The molecular weight excluding hydrogens is 244 g/mol. The highest BCUT2D eigenvalue weighted by Crippen LogP contribution is 2.32. The van der Waals surface area contributed by atoms with Crippen molar-refractivity contribution >= 4 is 23.6 Å². The molecule has 1 aliphatic rings. The maximum absolute atomic E-state index is 11.7. The van der Waals surface area contributed by atoms with E-state index in [0.717, 1.165) is 18.4 Å². The van der Waals surface area contributed by atoms with Crippen LogP contribution in [-0.2, 0) is 9.59 Å². The molecule has 1 amide bonds. The third kappa shape index (κ3) is 3.84. The minimum Gasteiger partial charge on any atom is -0.480 e. The van der Waals surface area contributed by atoms with Crippen LogP contribution in [0.3, 0.4) is 0 Å². The van der Waals surface area contributed by atoms with Gasteiger partial charge >= 0.3 is 5.97 Å². The van der Waals surface area contributed by atoms with Gasteiger partial charge in [0.1, 0.15) is 6.04 Å². The number of anilines is 1. The van der Waals surface area contributed by atoms with Crippen LogP contribution >= 0.6 is 0 Å². The quantitative estimate of drug-likeness (QED) is 0.549. The molecule has 5 heteroatoms. The number of carbonyl (C=O) groups is 2. The second kappa shape index (κ2) is 5.56. The summed E-state index contributed by atoms with van der Waals surface area (Å²) in [6.45, 7) is 0. The molecule has 2 rings (SSSR count). The van der Waals surface area contributed by atoms with Crippen molar-refractivity contribution in [1.82, 2.24) is 5.32 Å². The van der Waals surface area contributed by atoms with Gasteiger partial charge in [0.2, 0.25) is 5.91 Å². The molecular formula is C14H16N2O3. The van der Waals surface area contributed by atoms with E-state index in [1.807, 2.05) is 6.07 Å². The number of rotatable bonds is 5. The summed E-state index contributed by atoms with van der Waals surface area (Å²) in [5, 5.41) is 11.5. The SMILES string of the molecule is Nc1cccc(/C=C/C(=O)NC(C(=O)O)C2CC2)c1. The Morgan fingerprint density at radius 3 is 2.74 bits per heavy atom. The molecule has 1 atom stereocenters. The summed E-state index contributed by atoms with van der Waals surface area (Å²) in [5.74, 6) is -1.31. The number of hydrogen-bond donors (Lipinski definition) is 3. The fourth-order valence-corrected chi connectivity index (χ4v) is 1.85. The van der Waals surface area contributed by atoms with Crippen LogP contribution in [0.4, 0.5) is 5.69 Å². The van der Waals surface area contributed by atoms with Crippen molar-refractivity contribution in [3.05, 3.63) is 35.9 Å². The summed E-state index contributed by atoms with van der Waals surface area (Å²) in [5.41, 5.74) is 7.04. The molecule has 19 heavy (non-hydrogen) atoms. The third-order valence-electron chi connectivity index (χ3n) is 3.00. The molecule has 0 radical (unpaired) electrons. The van der Waals surface area contributed by atoms with Crippen LogP contribution in [0.25, 0.3) is 6.08 Å². The highest BCUT2D eigenvalue weighted by Gasteiger charge is 2.36. The lowest BCUT2D eigenvalue weighted by molar-refractivity contribution is -0.141. The van der Waals surface area contributed by atoms with Crippen molar-refractivity contribution < 1.29 is 14.7 Å². The van der Waals surface area contributed by atoms with Crippen molar-refractivity contribution in [2.45, 2.75) is 18.9 Å². The number of carboxylic acid groups (broad SMARTS) is 1. The molecule has 1 aromatic carbocycles. The number of nitrogens with two attached hydrogens (primary N) is 1. The van der Waals surface area contributed by atoms with Gasteiger partial charge in [0.15, 0.2) is 0 Å². The summed E-state index contributed by atoms with van der Waals surface area (Å²) in [6, 6.07) is 6.31. The van der Waals surface area contributed by atoms with E-state index in [1.165, 1.54) is 6.08 Å². The lowest BCUT2D eigenvalue weighted by atomic mass is 10.1. The summed E-state index contributed by atoms with van der Waals surface area (Å²) in [6.07, 6.45) is 4.65. The predicted octanol–water partition coefficient (Wildman–Crippen LogP) is 1.26. The van der Waals surface area contributed by atoms with Crippen LogP contribution in [0.5, 0.6) is 0 Å². The Balaban J connectivity index is 1.95. The first-order valence-electron chi connectivity index (χ1n) is 6.13. The standard InChI is InChI=1S/C14H16N2O3/c15-11-3-1-2-9(8-11)4-7-12(17)16-13(14(18)19)10-5-6-10/h1-4,7-8,10,13H,5-6,15H2,(H,16,17)(H,18,19)/b7-4+. The maximum Gasteiger partial charge on any atom is 0.326 e. The summed E-state index contributed by atoms with van der Waals surface area (Å²) < 4.78 is 0. The first kappa shape index (κ1) is 13.1. The van der Waals surface area contributed by atoms with Crippen LogP contribution in [0, 0.1) is 5.92 Å². The Morgan fingerprint density at radius 2 is 2.16 bits per heavy atom. The highest BCUT2D eigenvalue weighted by molar-refractivity contribution is 5.94. The van der Waals surface area contributed by atoms with Gasteiger partial charge in [0.25, 0.3) is 0 Å². The molecule has 0 saturated heterocycles. The van der Waals surface area contributed by atoms with E-state index in [0.29, 0.717) is 5.69 Å². The molecule has 0 aromatic heterocycles. The molecule has 1 aromatic rings. The number of amides is 1.